The number of hydrogen-bond acceptors (Lipinski definition) is 3. The maximum absolute atomic E-state index is 8.49. The van der Waals surface area contributed by atoms with Gasteiger partial charge in [-0.2, -0.15) is 0 Å². The van der Waals surface area contributed by atoms with Crippen LogP contribution in [-0.2, 0) is 0 Å². The molecule has 0 heterocycles. The van der Waals surface area contributed by atoms with E-state index in [2.05, 4.69) is 23.2 Å². The molecular weight excluding hydrogens is 176 g/mol. The highest BCUT2D eigenvalue weighted by Gasteiger charge is 2.18. The third-order valence-electron chi connectivity index (χ3n) is 1.81. The van der Waals surface area contributed by atoms with Gasteiger partial charge in [-0.05, 0) is 0 Å². The van der Waals surface area contributed by atoms with Crippen molar-refractivity contribution in [1.29, 1.82) is 0 Å². The van der Waals surface area contributed by atoms with Crippen molar-refractivity contribution >= 4 is 6.21 Å². The van der Waals surface area contributed by atoms with Crippen molar-refractivity contribution in [3.63, 3.8) is 0 Å². The van der Waals surface area contributed by atoms with E-state index in [-0.39, 0.29) is 5.41 Å². The fraction of sp³-hybridized carbons (Fsp3) is 0.545. The number of nitrogens with zero attached hydrogens (tertiary/aromatic N) is 2. The molecule has 0 aromatic rings. The molecule has 0 aliphatic rings. The smallest absolute Gasteiger partial charge is 0.0504 e. The molecule has 3 heteroatoms. The van der Waals surface area contributed by atoms with Crippen molar-refractivity contribution < 1.29 is 5.21 Å². The normalized spacial score (nSPS) is 12.2. The first-order valence-electron chi connectivity index (χ1n) is 4.68. The minimum absolute atomic E-state index is 0.138. The van der Waals surface area contributed by atoms with E-state index in [0.717, 1.165) is 19.6 Å². The molecule has 0 aromatic carbocycles. The van der Waals surface area contributed by atoms with E-state index in [9.17, 15) is 0 Å². The molecule has 0 saturated heterocycles. The molecule has 0 fully saturated rings. The van der Waals surface area contributed by atoms with Gasteiger partial charge in [0.05, 0.1) is 6.21 Å². The van der Waals surface area contributed by atoms with Gasteiger partial charge in [0.15, 0.2) is 0 Å². The van der Waals surface area contributed by atoms with Crippen LogP contribution in [0.5, 0.6) is 0 Å². The Morgan fingerprint density at radius 1 is 1.29 bits per heavy atom. The van der Waals surface area contributed by atoms with Crippen LogP contribution in [0, 0.1) is 5.41 Å². The Balaban J connectivity index is 4.25. The monoisotopic (exact) mass is 196 g/mol. The van der Waals surface area contributed by atoms with Gasteiger partial charge < -0.3 is 5.21 Å². The Kier molecular flexibility index (Phi) is 5.88. The molecule has 0 aliphatic carbocycles. The van der Waals surface area contributed by atoms with Crippen molar-refractivity contribution in [3.8, 4) is 0 Å². The van der Waals surface area contributed by atoms with Gasteiger partial charge in [-0.25, -0.2) is 0 Å². The fourth-order valence-corrected chi connectivity index (χ4v) is 1.34. The van der Waals surface area contributed by atoms with Crippen LogP contribution in [0.3, 0.4) is 0 Å². The number of rotatable bonds is 7. The summed E-state index contributed by atoms with van der Waals surface area (Å²) in [4.78, 5) is 2.18. The SMILES string of the molecule is C=CCN(CC=C)CC(C)(C)C=NO. The molecule has 0 unspecified atom stereocenters. The molecule has 0 spiro atoms. The largest absolute Gasteiger partial charge is 0.411 e. The summed E-state index contributed by atoms with van der Waals surface area (Å²) >= 11 is 0. The zero-order chi connectivity index (χ0) is 11.0. The molecular formula is C11H20N2O. The Labute approximate surface area is 86.4 Å². The molecule has 0 radical (unpaired) electrons. The van der Waals surface area contributed by atoms with Crippen LogP contribution in [0.15, 0.2) is 30.5 Å². The minimum Gasteiger partial charge on any atom is -0.411 e. The highest BCUT2D eigenvalue weighted by molar-refractivity contribution is 5.64. The highest BCUT2D eigenvalue weighted by Crippen LogP contribution is 2.13. The van der Waals surface area contributed by atoms with E-state index in [1.165, 1.54) is 0 Å². The summed E-state index contributed by atoms with van der Waals surface area (Å²) in [6.45, 7) is 13.9. The first kappa shape index (κ1) is 12.9. The van der Waals surface area contributed by atoms with E-state index in [1.807, 2.05) is 26.0 Å². The summed E-state index contributed by atoms with van der Waals surface area (Å²) in [5, 5.41) is 11.6. The summed E-state index contributed by atoms with van der Waals surface area (Å²) in [7, 11) is 0. The second kappa shape index (κ2) is 6.38. The van der Waals surface area contributed by atoms with Crippen LogP contribution in [0.1, 0.15) is 13.8 Å². The van der Waals surface area contributed by atoms with Gasteiger partial charge in [-0.3, -0.25) is 4.90 Å². The molecule has 1 N–H and O–H groups in total. The topological polar surface area (TPSA) is 35.8 Å². The van der Waals surface area contributed by atoms with Crippen molar-refractivity contribution in [2.24, 2.45) is 10.6 Å². The van der Waals surface area contributed by atoms with Gasteiger partial charge in [-0.15, -0.1) is 18.3 Å². The van der Waals surface area contributed by atoms with Gasteiger partial charge in [0, 0.05) is 25.0 Å². The van der Waals surface area contributed by atoms with E-state index < -0.39 is 0 Å². The van der Waals surface area contributed by atoms with E-state index in [0.29, 0.717) is 0 Å². The first-order chi connectivity index (χ1) is 6.55. The Hall–Kier alpha value is -1.09. The predicted molar refractivity (Wildman–Crippen MR) is 60.9 cm³/mol. The predicted octanol–water partition coefficient (Wildman–Crippen LogP) is 2.15. The van der Waals surface area contributed by atoms with E-state index in [4.69, 9.17) is 5.21 Å². The Bertz CT molecular complexity index is 199. The number of hydrogen-bond donors (Lipinski definition) is 1. The second-order valence-electron chi connectivity index (χ2n) is 4.00. The fourth-order valence-electron chi connectivity index (χ4n) is 1.34. The molecule has 14 heavy (non-hydrogen) atoms. The summed E-state index contributed by atoms with van der Waals surface area (Å²) in [6.07, 6.45) is 5.26. The third kappa shape index (κ3) is 5.54. The minimum atomic E-state index is -0.138. The average Bonchev–Trinajstić information content (AvgIpc) is 2.03. The Morgan fingerprint density at radius 3 is 2.14 bits per heavy atom. The van der Waals surface area contributed by atoms with E-state index in [1.54, 1.807) is 6.21 Å². The molecule has 0 bridgehead atoms. The summed E-state index contributed by atoms with van der Waals surface area (Å²) in [5.41, 5.74) is -0.138. The molecule has 80 valence electrons. The summed E-state index contributed by atoms with van der Waals surface area (Å²) in [5.74, 6) is 0. The lowest BCUT2D eigenvalue weighted by molar-refractivity contribution is 0.256. The van der Waals surface area contributed by atoms with Crippen LogP contribution in [0.4, 0.5) is 0 Å². The lowest BCUT2D eigenvalue weighted by atomic mass is 9.94. The molecule has 3 nitrogen and oxygen atoms in total. The first-order valence-corrected chi connectivity index (χ1v) is 4.68. The zero-order valence-electron chi connectivity index (χ0n) is 9.11. The van der Waals surface area contributed by atoms with Crippen LogP contribution in [0.25, 0.3) is 0 Å². The molecule has 0 rings (SSSR count). The third-order valence-corrected chi connectivity index (χ3v) is 1.81. The summed E-state index contributed by atoms with van der Waals surface area (Å²) < 4.78 is 0. The lowest BCUT2D eigenvalue weighted by Gasteiger charge is -2.27. The summed E-state index contributed by atoms with van der Waals surface area (Å²) in [6, 6.07) is 0. The van der Waals surface area contributed by atoms with Crippen molar-refractivity contribution in [2.45, 2.75) is 13.8 Å². The van der Waals surface area contributed by atoms with Crippen LogP contribution < -0.4 is 0 Å². The van der Waals surface area contributed by atoms with Crippen molar-refractivity contribution in [2.75, 3.05) is 19.6 Å². The zero-order valence-corrected chi connectivity index (χ0v) is 9.11. The maximum Gasteiger partial charge on any atom is 0.0504 e. The van der Waals surface area contributed by atoms with Gasteiger partial charge >= 0.3 is 0 Å². The van der Waals surface area contributed by atoms with Crippen LogP contribution in [-0.4, -0.2) is 36.0 Å². The average molecular weight is 196 g/mol. The van der Waals surface area contributed by atoms with Gasteiger partial charge in [0.2, 0.25) is 0 Å². The van der Waals surface area contributed by atoms with Gasteiger partial charge in [0.25, 0.3) is 0 Å². The highest BCUT2D eigenvalue weighted by atomic mass is 16.4. The quantitative estimate of drug-likeness (QED) is 0.293. The number of oxime groups is 1. The molecule has 0 atom stereocenters. The molecule has 0 amide bonds. The van der Waals surface area contributed by atoms with Crippen LogP contribution >= 0.6 is 0 Å². The van der Waals surface area contributed by atoms with Crippen molar-refractivity contribution in [3.05, 3.63) is 25.3 Å². The lowest BCUT2D eigenvalue weighted by Crippen LogP contribution is -2.35. The second-order valence-corrected chi connectivity index (χ2v) is 4.00. The molecule has 0 saturated carbocycles. The molecule has 0 aromatic heterocycles. The van der Waals surface area contributed by atoms with Gasteiger partial charge in [-0.1, -0.05) is 26.0 Å². The van der Waals surface area contributed by atoms with Crippen LogP contribution in [0.2, 0.25) is 0 Å². The van der Waals surface area contributed by atoms with E-state index >= 15 is 0 Å². The Morgan fingerprint density at radius 2 is 1.79 bits per heavy atom. The standard InChI is InChI=1S/C11H20N2O/c1-5-7-13(8-6-2)10-11(3,4)9-12-14/h5-6,9,14H,1-2,7-8,10H2,3-4H3. The van der Waals surface area contributed by atoms with Crippen molar-refractivity contribution in [1.82, 2.24) is 4.90 Å². The maximum atomic E-state index is 8.49. The van der Waals surface area contributed by atoms with Gasteiger partial charge in [0.1, 0.15) is 0 Å². The molecule has 0 aliphatic heterocycles.